The highest BCUT2D eigenvalue weighted by Gasteiger charge is 2.06. The maximum absolute atomic E-state index is 10.8. The Morgan fingerprint density at radius 1 is 0.864 bits per heavy atom. The van der Waals surface area contributed by atoms with E-state index in [0.29, 0.717) is 11.4 Å². The van der Waals surface area contributed by atoms with Gasteiger partial charge >= 0.3 is 5.97 Å². The van der Waals surface area contributed by atoms with E-state index >= 15 is 0 Å². The molecule has 2 N–H and O–H groups in total. The van der Waals surface area contributed by atoms with Crippen LogP contribution in [0, 0.1) is 0 Å². The van der Waals surface area contributed by atoms with Crippen molar-refractivity contribution >= 4 is 28.1 Å². The molecule has 5 heteroatoms. The normalized spacial score (nSPS) is 11.1. The van der Waals surface area contributed by atoms with Gasteiger partial charge in [-0.05, 0) is 35.7 Å². The number of hydrogen-bond donors (Lipinski definition) is 2. The molecule has 22 heavy (non-hydrogen) atoms. The molecule has 5 nitrogen and oxygen atoms in total. The Balaban J connectivity index is 1.98. The number of aromatic carboxylic acids is 1. The van der Waals surface area contributed by atoms with E-state index in [1.165, 1.54) is 12.1 Å². The predicted molar refractivity (Wildman–Crippen MR) is 83.2 cm³/mol. The van der Waals surface area contributed by atoms with Gasteiger partial charge in [-0.15, -0.1) is 5.11 Å². The van der Waals surface area contributed by atoms with Crippen molar-refractivity contribution in [2.24, 2.45) is 10.2 Å². The quantitative estimate of drug-likeness (QED) is 0.689. The van der Waals surface area contributed by atoms with E-state index in [9.17, 15) is 9.90 Å². The third kappa shape index (κ3) is 2.64. The van der Waals surface area contributed by atoms with Gasteiger partial charge in [0.25, 0.3) is 0 Å². The summed E-state index contributed by atoms with van der Waals surface area (Å²) >= 11 is 0. The molecule has 0 bridgehead atoms. The van der Waals surface area contributed by atoms with Crippen LogP contribution in [0.5, 0.6) is 5.75 Å². The van der Waals surface area contributed by atoms with Crippen molar-refractivity contribution in [2.45, 2.75) is 0 Å². The second-order valence-electron chi connectivity index (χ2n) is 4.71. The number of aromatic hydroxyl groups is 1. The molecule has 0 spiro atoms. The zero-order valence-electron chi connectivity index (χ0n) is 11.5. The van der Waals surface area contributed by atoms with Crippen LogP contribution in [0.3, 0.4) is 0 Å². The first-order valence-electron chi connectivity index (χ1n) is 6.61. The van der Waals surface area contributed by atoms with Crippen molar-refractivity contribution in [1.82, 2.24) is 0 Å². The maximum atomic E-state index is 10.8. The maximum Gasteiger partial charge on any atom is 0.335 e. The first-order chi connectivity index (χ1) is 10.6. The fourth-order valence-corrected chi connectivity index (χ4v) is 2.13. The summed E-state index contributed by atoms with van der Waals surface area (Å²) in [6.07, 6.45) is 0. The molecule has 0 fully saturated rings. The molecular formula is C17H12N2O3. The molecule has 108 valence electrons. The van der Waals surface area contributed by atoms with Gasteiger partial charge in [-0.2, -0.15) is 5.11 Å². The number of nitrogens with zero attached hydrogens (tertiary/aromatic N) is 2. The summed E-state index contributed by atoms with van der Waals surface area (Å²) in [5, 5.41) is 28.7. The Labute approximate surface area is 126 Å². The summed E-state index contributed by atoms with van der Waals surface area (Å²) in [7, 11) is 0. The van der Waals surface area contributed by atoms with Crippen LogP contribution in [0.4, 0.5) is 11.4 Å². The Kier molecular flexibility index (Phi) is 3.53. The van der Waals surface area contributed by atoms with Gasteiger partial charge in [-0.1, -0.05) is 30.3 Å². The molecule has 0 aliphatic carbocycles. The lowest BCUT2D eigenvalue weighted by Gasteiger charge is -2.03. The molecule has 3 rings (SSSR count). The summed E-state index contributed by atoms with van der Waals surface area (Å²) in [4.78, 5) is 10.8. The van der Waals surface area contributed by atoms with Crippen LogP contribution in [0.1, 0.15) is 10.4 Å². The molecule has 0 unspecified atom stereocenters. The van der Waals surface area contributed by atoms with Gasteiger partial charge in [0.15, 0.2) is 0 Å². The minimum Gasteiger partial charge on any atom is -0.506 e. The van der Waals surface area contributed by atoms with Gasteiger partial charge in [-0.3, -0.25) is 0 Å². The highest BCUT2D eigenvalue weighted by molar-refractivity contribution is 5.95. The van der Waals surface area contributed by atoms with Gasteiger partial charge in [-0.25, -0.2) is 4.79 Å². The van der Waals surface area contributed by atoms with Crippen molar-refractivity contribution in [3.05, 3.63) is 66.2 Å². The molecule has 0 aliphatic rings. The second-order valence-corrected chi connectivity index (χ2v) is 4.71. The number of azo groups is 1. The molecule has 0 saturated carbocycles. The topological polar surface area (TPSA) is 82.2 Å². The summed E-state index contributed by atoms with van der Waals surface area (Å²) in [5.41, 5.74) is 1.09. The molecule has 0 radical (unpaired) electrons. The summed E-state index contributed by atoms with van der Waals surface area (Å²) in [6.45, 7) is 0. The molecule has 0 atom stereocenters. The van der Waals surface area contributed by atoms with Crippen molar-refractivity contribution in [3.63, 3.8) is 0 Å². The van der Waals surface area contributed by atoms with Crippen molar-refractivity contribution in [2.75, 3.05) is 0 Å². The number of carbonyl (C=O) groups is 1. The fourth-order valence-electron chi connectivity index (χ4n) is 2.13. The number of phenols is 1. The van der Waals surface area contributed by atoms with Gasteiger partial charge in [0, 0.05) is 5.39 Å². The van der Waals surface area contributed by atoms with Crippen molar-refractivity contribution in [1.29, 1.82) is 0 Å². The van der Waals surface area contributed by atoms with Crippen LogP contribution in [0.25, 0.3) is 10.8 Å². The van der Waals surface area contributed by atoms with E-state index < -0.39 is 5.97 Å². The van der Waals surface area contributed by atoms with E-state index in [1.807, 2.05) is 30.3 Å². The molecule has 0 saturated heterocycles. The van der Waals surface area contributed by atoms with Crippen LogP contribution in [-0.4, -0.2) is 16.2 Å². The monoisotopic (exact) mass is 292 g/mol. The number of carboxylic acid groups (broad SMARTS) is 1. The summed E-state index contributed by atoms with van der Waals surface area (Å²) < 4.78 is 0. The third-order valence-corrected chi connectivity index (χ3v) is 3.26. The highest BCUT2D eigenvalue weighted by Crippen LogP contribution is 2.35. The van der Waals surface area contributed by atoms with E-state index in [2.05, 4.69) is 10.2 Å². The van der Waals surface area contributed by atoms with E-state index in [4.69, 9.17) is 5.11 Å². The Bertz CT molecular complexity index is 871. The van der Waals surface area contributed by atoms with Crippen LogP contribution in [0.2, 0.25) is 0 Å². The highest BCUT2D eigenvalue weighted by atomic mass is 16.4. The Hall–Kier alpha value is -3.21. The summed E-state index contributed by atoms with van der Waals surface area (Å²) in [6, 6.07) is 17.0. The van der Waals surface area contributed by atoms with Crippen LogP contribution in [-0.2, 0) is 0 Å². The minimum atomic E-state index is -0.991. The standard InChI is InChI=1S/C17H12N2O3/c20-15-10-7-11-3-1-2-4-14(11)16(15)19-18-13-8-5-12(6-9-13)17(21)22/h1-10,20H,(H,21,22). The first kappa shape index (κ1) is 13.8. The minimum absolute atomic E-state index is 0.0459. The molecule has 0 amide bonds. The number of benzene rings is 3. The number of carboxylic acids is 1. The zero-order valence-corrected chi connectivity index (χ0v) is 11.5. The number of phenolic OH excluding ortho intramolecular Hbond substituents is 1. The Morgan fingerprint density at radius 3 is 2.32 bits per heavy atom. The van der Waals surface area contributed by atoms with Gasteiger partial charge in [0.05, 0.1) is 11.3 Å². The third-order valence-electron chi connectivity index (χ3n) is 3.26. The second kappa shape index (κ2) is 5.65. The number of hydrogen-bond acceptors (Lipinski definition) is 4. The smallest absolute Gasteiger partial charge is 0.335 e. The molecule has 0 aromatic heterocycles. The van der Waals surface area contributed by atoms with Crippen molar-refractivity contribution in [3.8, 4) is 5.75 Å². The van der Waals surface area contributed by atoms with Crippen LogP contribution >= 0.6 is 0 Å². The lowest BCUT2D eigenvalue weighted by Crippen LogP contribution is -1.93. The average molecular weight is 292 g/mol. The molecule has 0 heterocycles. The SMILES string of the molecule is O=C(O)c1ccc(N=Nc2c(O)ccc3ccccc23)cc1. The lowest BCUT2D eigenvalue weighted by atomic mass is 10.1. The first-order valence-corrected chi connectivity index (χ1v) is 6.61. The van der Waals surface area contributed by atoms with Crippen LogP contribution in [0.15, 0.2) is 70.9 Å². The van der Waals surface area contributed by atoms with E-state index in [1.54, 1.807) is 18.2 Å². The average Bonchev–Trinajstić information content (AvgIpc) is 2.54. The van der Waals surface area contributed by atoms with Gasteiger partial charge in [0.2, 0.25) is 0 Å². The molecule has 3 aromatic rings. The number of rotatable bonds is 3. The molecule has 3 aromatic carbocycles. The number of fused-ring (bicyclic) bond motifs is 1. The van der Waals surface area contributed by atoms with E-state index in [0.717, 1.165) is 10.8 Å². The largest absolute Gasteiger partial charge is 0.506 e. The predicted octanol–water partition coefficient (Wildman–Crippen LogP) is 4.66. The van der Waals surface area contributed by atoms with Crippen LogP contribution < -0.4 is 0 Å². The fraction of sp³-hybridized carbons (Fsp3) is 0. The molecule has 0 aliphatic heterocycles. The molecular weight excluding hydrogens is 280 g/mol. The zero-order chi connectivity index (χ0) is 15.5. The van der Waals surface area contributed by atoms with E-state index in [-0.39, 0.29) is 11.3 Å². The lowest BCUT2D eigenvalue weighted by molar-refractivity contribution is 0.0697. The van der Waals surface area contributed by atoms with Gasteiger partial charge < -0.3 is 10.2 Å². The summed E-state index contributed by atoms with van der Waals surface area (Å²) in [5.74, 6) is -0.945. The van der Waals surface area contributed by atoms with Crippen molar-refractivity contribution < 1.29 is 15.0 Å². The Morgan fingerprint density at radius 2 is 1.59 bits per heavy atom. The van der Waals surface area contributed by atoms with Gasteiger partial charge in [0.1, 0.15) is 11.4 Å².